The van der Waals surface area contributed by atoms with Crippen molar-refractivity contribution in [2.75, 3.05) is 13.7 Å². The Morgan fingerprint density at radius 1 is 1.67 bits per heavy atom. The van der Waals surface area contributed by atoms with Gasteiger partial charge in [-0.25, -0.2) is 0 Å². The summed E-state index contributed by atoms with van der Waals surface area (Å²) in [5.41, 5.74) is 6.89. The van der Waals surface area contributed by atoms with Crippen molar-refractivity contribution in [1.29, 1.82) is 0 Å². The van der Waals surface area contributed by atoms with Crippen molar-refractivity contribution in [3.63, 3.8) is 0 Å². The molecule has 1 aromatic heterocycles. The van der Waals surface area contributed by atoms with E-state index < -0.39 is 0 Å². The highest BCUT2D eigenvalue weighted by molar-refractivity contribution is 5.30. The maximum atomic E-state index is 6.11. The molecule has 0 amide bonds. The van der Waals surface area contributed by atoms with Crippen LogP contribution in [0.15, 0.2) is 18.3 Å². The Morgan fingerprint density at radius 2 is 2.53 bits per heavy atom. The minimum Gasteiger partial charge on any atom is -0.495 e. The third-order valence-corrected chi connectivity index (χ3v) is 2.70. The van der Waals surface area contributed by atoms with E-state index in [0.29, 0.717) is 0 Å². The first kappa shape index (κ1) is 10.4. The van der Waals surface area contributed by atoms with Crippen molar-refractivity contribution in [2.45, 2.75) is 25.0 Å². The Morgan fingerprint density at radius 3 is 3.20 bits per heavy atom. The quantitative estimate of drug-likeness (QED) is 0.812. The van der Waals surface area contributed by atoms with Gasteiger partial charge in [0, 0.05) is 12.8 Å². The van der Waals surface area contributed by atoms with E-state index in [0.717, 1.165) is 30.9 Å². The van der Waals surface area contributed by atoms with Crippen LogP contribution in [0.3, 0.4) is 0 Å². The van der Waals surface area contributed by atoms with Crippen LogP contribution in [-0.2, 0) is 4.74 Å². The molecule has 0 aliphatic carbocycles. The van der Waals surface area contributed by atoms with E-state index in [1.54, 1.807) is 13.3 Å². The van der Waals surface area contributed by atoms with E-state index in [4.69, 9.17) is 15.2 Å². The summed E-state index contributed by atoms with van der Waals surface area (Å²) in [6.07, 6.45) is 3.88. The molecule has 1 fully saturated rings. The highest BCUT2D eigenvalue weighted by Gasteiger charge is 2.27. The number of nitrogens with two attached hydrogens (primary N) is 1. The Kier molecular flexibility index (Phi) is 3.18. The lowest BCUT2D eigenvalue weighted by molar-refractivity contribution is 0.0881. The Hall–Kier alpha value is -1.13. The second kappa shape index (κ2) is 4.59. The molecule has 0 radical (unpaired) electrons. The summed E-state index contributed by atoms with van der Waals surface area (Å²) in [4.78, 5) is 4.26. The molecule has 1 aliphatic heterocycles. The van der Waals surface area contributed by atoms with Crippen LogP contribution in [-0.4, -0.2) is 24.8 Å². The summed E-state index contributed by atoms with van der Waals surface area (Å²) < 4.78 is 10.8. The first-order valence-electron chi connectivity index (χ1n) is 5.19. The van der Waals surface area contributed by atoms with Gasteiger partial charge in [0.05, 0.1) is 19.3 Å². The zero-order chi connectivity index (χ0) is 10.7. The second-order valence-corrected chi connectivity index (χ2v) is 3.67. The van der Waals surface area contributed by atoms with Crippen LogP contribution >= 0.6 is 0 Å². The molecule has 1 aromatic rings. The number of pyridine rings is 1. The van der Waals surface area contributed by atoms with E-state index in [2.05, 4.69) is 4.98 Å². The molecule has 0 spiro atoms. The van der Waals surface area contributed by atoms with E-state index in [1.165, 1.54) is 0 Å². The second-order valence-electron chi connectivity index (χ2n) is 3.67. The molecule has 2 rings (SSSR count). The Balaban J connectivity index is 2.19. The van der Waals surface area contributed by atoms with Crippen LogP contribution in [0.5, 0.6) is 5.75 Å². The number of aromatic nitrogens is 1. The molecule has 4 heteroatoms. The van der Waals surface area contributed by atoms with Crippen molar-refractivity contribution >= 4 is 0 Å². The maximum absolute atomic E-state index is 6.11. The fourth-order valence-corrected chi connectivity index (χ4v) is 1.89. The van der Waals surface area contributed by atoms with Crippen molar-refractivity contribution in [2.24, 2.45) is 5.73 Å². The molecule has 4 nitrogen and oxygen atoms in total. The van der Waals surface area contributed by atoms with Crippen LogP contribution < -0.4 is 10.5 Å². The topological polar surface area (TPSA) is 57.4 Å². The van der Waals surface area contributed by atoms with E-state index in [9.17, 15) is 0 Å². The van der Waals surface area contributed by atoms with Crippen LogP contribution in [0.25, 0.3) is 0 Å². The highest BCUT2D eigenvalue weighted by Crippen LogP contribution is 2.28. The summed E-state index contributed by atoms with van der Waals surface area (Å²) in [6.45, 7) is 0.799. The monoisotopic (exact) mass is 208 g/mol. The SMILES string of the molecule is COc1cccnc1C(N)C1CCCO1. The zero-order valence-corrected chi connectivity index (χ0v) is 8.85. The van der Waals surface area contributed by atoms with E-state index in [1.807, 2.05) is 12.1 Å². The van der Waals surface area contributed by atoms with Crippen molar-refractivity contribution in [3.8, 4) is 5.75 Å². The standard InChI is InChI=1S/C11H16N2O2/c1-14-9-4-2-6-13-11(9)10(12)8-5-3-7-15-8/h2,4,6,8,10H,3,5,7,12H2,1H3. The van der Waals surface area contributed by atoms with Gasteiger partial charge in [0.15, 0.2) is 0 Å². The predicted molar refractivity (Wildman–Crippen MR) is 56.7 cm³/mol. The zero-order valence-electron chi connectivity index (χ0n) is 8.85. The van der Waals surface area contributed by atoms with Gasteiger partial charge in [0.2, 0.25) is 0 Å². The maximum Gasteiger partial charge on any atom is 0.142 e. The number of rotatable bonds is 3. The number of methoxy groups -OCH3 is 1. The minimum atomic E-state index is -0.191. The van der Waals surface area contributed by atoms with E-state index in [-0.39, 0.29) is 12.1 Å². The fourth-order valence-electron chi connectivity index (χ4n) is 1.89. The Bertz CT molecular complexity index is 324. The third kappa shape index (κ3) is 2.11. The number of hydrogen-bond donors (Lipinski definition) is 1. The van der Waals surface area contributed by atoms with Gasteiger partial charge in [-0.3, -0.25) is 4.98 Å². The van der Waals surface area contributed by atoms with Crippen LogP contribution in [0.1, 0.15) is 24.6 Å². The molecule has 15 heavy (non-hydrogen) atoms. The van der Waals surface area contributed by atoms with Crippen LogP contribution in [0.2, 0.25) is 0 Å². The number of hydrogen-bond acceptors (Lipinski definition) is 4. The summed E-state index contributed by atoms with van der Waals surface area (Å²) in [6, 6.07) is 3.52. The molecule has 0 saturated carbocycles. The number of nitrogens with zero attached hydrogens (tertiary/aromatic N) is 1. The smallest absolute Gasteiger partial charge is 0.142 e. The van der Waals surface area contributed by atoms with Crippen molar-refractivity contribution < 1.29 is 9.47 Å². The van der Waals surface area contributed by atoms with Crippen molar-refractivity contribution in [3.05, 3.63) is 24.0 Å². The summed E-state index contributed by atoms with van der Waals surface area (Å²) in [5, 5.41) is 0. The van der Waals surface area contributed by atoms with Crippen LogP contribution in [0, 0.1) is 0 Å². The largest absolute Gasteiger partial charge is 0.495 e. The highest BCUT2D eigenvalue weighted by atomic mass is 16.5. The fraction of sp³-hybridized carbons (Fsp3) is 0.545. The van der Waals surface area contributed by atoms with E-state index >= 15 is 0 Å². The lowest BCUT2D eigenvalue weighted by Gasteiger charge is -2.19. The number of ether oxygens (including phenoxy) is 2. The molecule has 1 aliphatic rings. The van der Waals surface area contributed by atoms with Crippen molar-refractivity contribution in [1.82, 2.24) is 4.98 Å². The minimum absolute atomic E-state index is 0.0776. The van der Waals surface area contributed by atoms with Gasteiger partial charge >= 0.3 is 0 Å². The lowest BCUT2D eigenvalue weighted by atomic mass is 10.0. The molecule has 1 saturated heterocycles. The van der Waals surface area contributed by atoms with Gasteiger partial charge in [-0.2, -0.15) is 0 Å². The first-order chi connectivity index (χ1) is 7.33. The van der Waals surface area contributed by atoms with Gasteiger partial charge < -0.3 is 15.2 Å². The third-order valence-electron chi connectivity index (χ3n) is 2.70. The van der Waals surface area contributed by atoms with Crippen LogP contribution in [0.4, 0.5) is 0 Å². The molecule has 2 heterocycles. The first-order valence-corrected chi connectivity index (χ1v) is 5.19. The molecule has 0 aromatic carbocycles. The Labute approximate surface area is 89.4 Å². The predicted octanol–water partition coefficient (Wildman–Crippen LogP) is 1.27. The average molecular weight is 208 g/mol. The normalized spacial score (nSPS) is 22.7. The molecular formula is C11H16N2O2. The van der Waals surface area contributed by atoms with Gasteiger partial charge in [-0.05, 0) is 25.0 Å². The molecular weight excluding hydrogens is 192 g/mol. The van der Waals surface area contributed by atoms with Gasteiger partial charge in [-0.1, -0.05) is 0 Å². The lowest BCUT2D eigenvalue weighted by Crippen LogP contribution is -2.26. The average Bonchev–Trinajstić information content (AvgIpc) is 2.81. The van der Waals surface area contributed by atoms with Gasteiger partial charge in [0.1, 0.15) is 11.4 Å². The van der Waals surface area contributed by atoms with Gasteiger partial charge in [0.25, 0.3) is 0 Å². The molecule has 0 bridgehead atoms. The molecule has 2 N–H and O–H groups in total. The summed E-state index contributed by atoms with van der Waals surface area (Å²) in [5.74, 6) is 0.737. The summed E-state index contributed by atoms with van der Waals surface area (Å²) in [7, 11) is 1.63. The molecule has 2 unspecified atom stereocenters. The summed E-state index contributed by atoms with van der Waals surface area (Å²) >= 11 is 0. The van der Waals surface area contributed by atoms with Gasteiger partial charge in [-0.15, -0.1) is 0 Å². The molecule has 2 atom stereocenters. The molecule has 82 valence electrons.